The van der Waals surface area contributed by atoms with Crippen LogP contribution >= 0.6 is 0 Å². The molecule has 0 saturated carbocycles. The molecular weight excluding hydrogens is 196 g/mol. The Kier molecular flexibility index (Phi) is 5.45. The summed E-state index contributed by atoms with van der Waals surface area (Å²) >= 11 is 0. The van der Waals surface area contributed by atoms with Gasteiger partial charge in [0.15, 0.2) is 0 Å². The van der Waals surface area contributed by atoms with Gasteiger partial charge in [-0.2, -0.15) is 0 Å². The van der Waals surface area contributed by atoms with Crippen molar-refractivity contribution in [1.82, 2.24) is 10.3 Å². The van der Waals surface area contributed by atoms with Crippen LogP contribution in [0.15, 0.2) is 0 Å². The molecule has 4 nitrogen and oxygen atoms in total. The zero-order chi connectivity index (χ0) is 11.2. The number of unbranched alkanes of at least 4 members (excludes halogenated alkanes) is 1. The summed E-state index contributed by atoms with van der Waals surface area (Å²) < 4.78 is 0. The van der Waals surface area contributed by atoms with E-state index in [0.29, 0.717) is 6.54 Å². The highest BCUT2D eigenvalue weighted by Gasteiger charge is 2.21. The smallest absolute Gasteiger partial charge is 0.308 e. The van der Waals surface area contributed by atoms with Gasteiger partial charge in [0, 0.05) is 6.54 Å². The summed E-state index contributed by atoms with van der Waals surface area (Å²) in [5.74, 6) is -1.01. The average Bonchev–Trinajstić information content (AvgIpc) is 2.01. The van der Waals surface area contributed by atoms with Crippen molar-refractivity contribution >= 4 is 20.0 Å². The van der Waals surface area contributed by atoms with Crippen molar-refractivity contribution in [1.29, 1.82) is 0 Å². The van der Waals surface area contributed by atoms with Crippen LogP contribution in [0.4, 0.5) is 0 Å². The molecule has 2 N–H and O–H groups in total. The second kappa shape index (κ2) is 5.80. The molecule has 14 heavy (non-hydrogen) atoms. The van der Waals surface area contributed by atoms with Crippen molar-refractivity contribution in [3.8, 4) is 0 Å². The SMILES string of the molecule is CCCCNC(=O)C(=O)N[Si](C)(C)C. The highest BCUT2D eigenvalue weighted by molar-refractivity contribution is 6.77. The van der Waals surface area contributed by atoms with Gasteiger partial charge in [-0.3, -0.25) is 9.59 Å². The summed E-state index contributed by atoms with van der Waals surface area (Å²) in [5.41, 5.74) is 0. The second-order valence-electron chi connectivity index (χ2n) is 4.31. The van der Waals surface area contributed by atoms with E-state index in [2.05, 4.69) is 10.3 Å². The lowest BCUT2D eigenvalue weighted by atomic mass is 10.3. The molecule has 0 fully saturated rings. The van der Waals surface area contributed by atoms with E-state index in [1.807, 2.05) is 26.6 Å². The molecule has 82 valence electrons. The Morgan fingerprint density at radius 1 is 1.14 bits per heavy atom. The van der Waals surface area contributed by atoms with Crippen LogP contribution in [0, 0.1) is 0 Å². The van der Waals surface area contributed by atoms with E-state index in [1.54, 1.807) is 0 Å². The maximum atomic E-state index is 11.3. The summed E-state index contributed by atoms with van der Waals surface area (Å²) in [4.78, 5) is 25.2. The molecule has 0 rings (SSSR count). The Morgan fingerprint density at radius 2 is 1.71 bits per heavy atom. The van der Waals surface area contributed by atoms with E-state index in [9.17, 15) is 9.59 Å². The lowest BCUT2D eigenvalue weighted by Crippen LogP contribution is -2.51. The van der Waals surface area contributed by atoms with Crippen molar-refractivity contribution in [3.63, 3.8) is 0 Å². The van der Waals surface area contributed by atoms with E-state index >= 15 is 0 Å². The Morgan fingerprint density at radius 3 is 2.14 bits per heavy atom. The number of rotatable bonds is 4. The molecular formula is C9H20N2O2Si. The fourth-order valence-corrected chi connectivity index (χ4v) is 1.65. The first-order chi connectivity index (χ1) is 6.37. The van der Waals surface area contributed by atoms with Gasteiger partial charge in [-0.15, -0.1) is 0 Å². The summed E-state index contributed by atoms with van der Waals surface area (Å²) in [6.07, 6.45) is 1.92. The molecule has 2 amide bonds. The van der Waals surface area contributed by atoms with Gasteiger partial charge in [-0.25, -0.2) is 0 Å². The first kappa shape index (κ1) is 13.2. The van der Waals surface area contributed by atoms with Crippen molar-refractivity contribution < 1.29 is 9.59 Å². The molecule has 0 unspecified atom stereocenters. The van der Waals surface area contributed by atoms with Gasteiger partial charge in [0.05, 0.1) is 0 Å². The van der Waals surface area contributed by atoms with E-state index in [1.165, 1.54) is 0 Å². The van der Waals surface area contributed by atoms with Crippen molar-refractivity contribution in [3.05, 3.63) is 0 Å². The number of amides is 2. The third-order valence-electron chi connectivity index (χ3n) is 1.51. The Balaban J connectivity index is 3.83. The molecule has 0 aromatic heterocycles. The molecule has 0 saturated heterocycles. The topological polar surface area (TPSA) is 58.2 Å². The van der Waals surface area contributed by atoms with E-state index in [4.69, 9.17) is 0 Å². The van der Waals surface area contributed by atoms with Crippen LogP contribution in [0.25, 0.3) is 0 Å². The maximum absolute atomic E-state index is 11.3. The Hall–Kier alpha value is -0.843. The third-order valence-corrected chi connectivity index (χ3v) is 2.49. The predicted octanol–water partition coefficient (Wildman–Crippen LogP) is 0.854. The van der Waals surface area contributed by atoms with Gasteiger partial charge in [-0.1, -0.05) is 33.0 Å². The first-order valence-electron chi connectivity index (χ1n) is 4.97. The quantitative estimate of drug-likeness (QED) is 0.416. The van der Waals surface area contributed by atoms with Crippen LogP contribution in [0.5, 0.6) is 0 Å². The third kappa shape index (κ3) is 6.65. The molecule has 0 aliphatic rings. The molecule has 0 radical (unpaired) electrons. The number of carbonyl (C=O) groups is 2. The van der Waals surface area contributed by atoms with Crippen LogP contribution < -0.4 is 10.3 Å². The minimum Gasteiger partial charge on any atom is -0.374 e. The van der Waals surface area contributed by atoms with E-state index in [-0.39, 0.29) is 0 Å². The Bertz CT molecular complexity index is 211. The molecule has 0 heterocycles. The number of hydrogen-bond acceptors (Lipinski definition) is 2. The summed E-state index contributed by atoms with van der Waals surface area (Å²) in [7, 11) is -1.69. The normalized spacial score (nSPS) is 10.9. The molecule has 0 aliphatic carbocycles. The summed E-state index contributed by atoms with van der Waals surface area (Å²) in [5, 5.41) is 2.58. The predicted molar refractivity (Wildman–Crippen MR) is 59.4 cm³/mol. The lowest BCUT2D eigenvalue weighted by Gasteiger charge is -2.17. The molecule has 0 aliphatic heterocycles. The van der Waals surface area contributed by atoms with Gasteiger partial charge in [0.25, 0.3) is 0 Å². The standard InChI is InChI=1S/C9H20N2O2Si/c1-5-6-7-10-8(12)9(13)11-14(2,3)4/h5-7H2,1-4H3,(H,10,12)(H,11,13). The fourth-order valence-electron chi connectivity index (χ4n) is 0.856. The minimum absolute atomic E-state index is 0.500. The molecule has 5 heteroatoms. The molecule has 0 spiro atoms. The average molecular weight is 216 g/mol. The van der Waals surface area contributed by atoms with E-state index in [0.717, 1.165) is 12.8 Å². The number of carbonyl (C=O) groups excluding carboxylic acids is 2. The van der Waals surface area contributed by atoms with E-state index < -0.39 is 20.0 Å². The largest absolute Gasteiger partial charge is 0.374 e. The summed E-state index contributed by atoms with van der Waals surface area (Å²) in [6.45, 7) is 8.54. The fraction of sp³-hybridized carbons (Fsp3) is 0.778. The highest BCUT2D eigenvalue weighted by Crippen LogP contribution is 1.93. The maximum Gasteiger partial charge on any atom is 0.308 e. The molecule has 0 aromatic carbocycles. The van der Waals surface area contributed by atoms with Gasteiger partial charge in [0.2, 0.25) is 0 Å². The molecule has 0 atom stereocenters. The molecule has 0 aromatic rings. The van der Waals surface area contributed by atoms with Gasteiger partial charge in [-0.05, 0) is 6.42 Å². The van der Waals surface area contributed by atoms with Gasteiger partial charge < -0.3 is 10.3 Å². The summed E-state index contributed by atoms with van der Waals surface area (Å²) in [6, 6.07) is 0. The van der Waals surface area contributed by atoms with Gasteiger partial charge >= 0.3 is 11.8 Å². The number of nitrogens with one attached hydrogen (secondary N) is 2. The highest BCUT2D eigenvalue weighted by atomic mass is 28.3. The monoisotopic (exact) mass is 216 g/mol. The van der Waals surface area contributed by atoms with Gasteiger partial charge in [0.1, 0.15) is 8.24 Å². The Labute approximate surface area is 86.5 Å². The van der Waals surface area contributed by atoms with Crippen LogP contribution in [0.2, 0.25) is 19.6 Å². The van der Waals surface area contributed by atoms with Crippen molar-refractivity contribution in [2.75, 3.05) is 6.54 Å². The van der Waals surface area contributed by atoms with Crippen LogP contribution in [-0.4, -0.2) is 26.6 Å². The van der Waals surface area contributed by atoms with Crippen LogP contribution in [0.1, 0.15) is 19.8 Å². The zero-order valence-corrected chi connectivity index (χ0v) is 10.4. The first-order valence-corrected chi connectivity index (χ1v) is 8.47. The van der Waals surface area contributed by atoms with Crippen LogP contribution in [-0.2, 0) is 9.59 Å². The van der Waals surface area contributed by atoms with Crippen molar-refractivity contribution in [2.24, 2.45) is 0 Å². The lowest BCUT2D eigenvalue weighted by molar-refractivity contribution is -0.138. The molecule has 0 bridgehead atoms. The minimum atomic E-state index is -1.69. The second-order valence-corrected chi connectivity index (χ2v) is 9.06. The zero-order valence-electron chi connectivity index (χ0n) is 9.44. The van der Waals surface area contributed by atoms with Crippen molar-refractivity contribution in [2.45, 2.75) is 39.4 Å². The van der Waals surface area contributed by atoms with Crippen LogP contribution in [0.3, 0.4) is 0 Å². The number of hydrogen-bond donors (Lipinski definition) is 2.